The molecule has 2 heterocycles. The molecule has 0 saturated carbocycles. The molecule has 0 bridgehead atoms. The van der Waals surface area contributed by atoms with Gasteiger partial charge < -0.3 is 10.1 Å². The predicted octanol–water partition coefficient (Wildman–Crippen LogP) is 2.72. The lowest BCUT2D eigenvalue weighted by atomic mass is 10.2. The summed E-state index contributed by atoms with van der Waals surface area (Å²) in [4.78, 5) is 16.5. The van der Waals surface area contributed by atoms with E-state index in [4.69, 9.17) is 4.74 Å². The largest absolute Gasteiger partial charge is 0.383 e. The number of benzene rings is 1. The molecular weight excluding hydrogens is 312 g/mol. The number of nitriles is 1. The van der Waals surface area contributed by atoms with Gasteiger partial charge in [0.1, 0.15) is 11.1 Å². The Labute approximate surface area is 136 Å². The van der Waals surface area contributed by atoms with Gasteiger partial charge in [-0.1, -0.05) is 6.07 Å². The highest BCUT2D eigenvalue weighted by Gasteiger charge is 2.15. The molecule has 1 N–H and O–H groups in total. The summed E-state index contributed by atoms with van der Waals surface area (Å²) >= 11 is 1.22. The second-order valence-electron chi connectivity index (χ2n) is 4.81. The average Bonchev–Trinajstić information content (AvgIpc) is 2.88. The van der Waals surface area contributed by atoms with E-state index >= 15 is 0 Å². The van der Waals surface area contributed by atoms with Gasteiger partial charge in [0.2, 0.25) is 0 Å². The van der Waals surface area contributed by atoms with E-state index in [9.17, 15) is 10.1 Å². The molecular formula is C16H14N4O2S. The van der Waals surface area contributed by atoms with Crippen LogP contribution in [0.5, 0.6) is 0 Å². The zero-order valence-corrected chi connectivity index (χ0v) is 13.3. The van der Waals surface area contributed by atoms with Crippen LogP contribution >= 0.6 is 11.5 Å². The number of hydrogen-bond acceptors (Lipinski definition) is 6. The molecule has 0 fully saturated rings. The fourth-order valence-corrected chi connectivity index (χ4v) is 3.20. The van der Waals surface area contributed by atoms with E-state index in [0.717, 1.165) is 16.6 Å². The SMILES string of the molecule is COCCn1sc(Nc2cccc3ncccc23)c(C#N)c1=O. The third-order valence-electron chi connectivity index (χ3n) is 3.37. The van der Waals surface area contributed by atoms with Crippen molar-refractivity contribution >= 4 is 33.1 Å². The summed E-state index contributed by atoms with van der Waals surface area (Å²) in [6.45, 7) is 0.844. The van der Waals surface area contributed by atoms with Gasteiger partial charge in [0.05, 0.1) is 18.7 Å². The normalized spacial score (nSPS) is 10.6. The molecule has 0 amide bonds. The fraction of sp³-hybridized carbons (Fsp3) is 0.188. The summed E-state index contributed by atoms with van der Waals surface area (Å²) < 4.78 is 6.52. The first-order valence-electron chi connectivity index (χ1n) is 6.98. The van der Waals surface area contributed by atoms with Crippen molar-refractivity contribution in [1.29, 1.82) is 5.26 Å². The monoisotopic (exact) mass is 326 g/mol. The molecule has 0 spiro atoms. The Hall–Kier alpha value is -2.69. The topological polar surface area (TPSA) is 79.9 Å². The van der Waals surface area contributed by atoms with Gasteiger partial charge >= 0.3 is 0 Å². The van der Waals surface area contributed by atoms with E-state index < -0.39 is 0 Å². The molecule has 0 radical (unpaired) electrons. The summed E-state index contributed by atoms with van der Waals surface area (Å²) in [5, 5.41) is 14.0. The Morgan fingerprint density at radius 2 is 2.26 bits per heavy atom. The molecule has 7 heteroatoms. The summed E-state index contributed by atoms with van der Waals surface area (Å²) in [5.74, 6) is 0. The highest BCUT2D eigenvalue weighted by Crippen LogP contribution is 2.28. The lowest BCUT2D eigenvalue weighted by molar-refractivity contribution is 0.189. The zero-order valence-electron chi connectivity index (χ0n) is 12.4. The van der Waals surface area contributed by atoms with Crippen LogP contribution in [0.3, 0.4) is 0 Å². The zero-order chi connectivity index (χ0) is 16.2. The van der Waals surface area contributed by atoms with E-state index in [1.54, 1.807) is 13.3 Å². The van der Waals surface area contributed by atoms with Crippen LogP contribution in [0.25, 0.3) is 10.9 Å². The third kappa shape index (κ3) is 2.95. The van der Waals surface area contributed by atoms with Crippen LogP contribution in [-0.4, -0.2) is 22.7 Å². The Morgan fingerprint density at radius 1 is 1.39 bits per heavy atom. The molecule has 6 nitrogen and oxygen atoms in total. The van der Waals surface area contributed by atoms with Crippen LogP contribution in [0.15, 0.2) is 41.3 Å². The van der Waals surface area contributed by atoms with Crippen molar-refractivity contribution in [3.63, 3.8) is 0 Å². The first-order chi connectivity index (χ1) is 11.2. The highest BCUT2D eigenvalue weighted by atomic mass is 32.1. The van der Waals surface area contributed by atoms with E-state index in [1.807, 2.05) is 36.4 Å². The third-order valence-corrected chi connectivity index (χ3v) is 4.43. The van der Waals surface area contributed by atoms with Gasteiger partial charge in [0.15, 0.2) is 5.56 Å². The number of pyridine rings is 1. The van der Waals surface area contributed by atoms with E-state index in [-0.39, 0.29) is 11.1 Å². The Bertz CT molecular complexity index is 934. The van der Waals surface area contributed by atoms with E-state index in [0.29, 0.717) is 18.2 Å². The Kier molecular flexibility index (Phi) is 4.37. The fourth-order valence-electron chi connectivity index (χ4n) is 2.26. The maximum atomic E-state index is 12.2. The Morgan fingerprint density at radius 3 is 3.04 bits per heavy atom. The van der Waals surface area contributed by atoms with Crippen molar-refractivity contribution in [3.8, 4) is 6.07 Å². The summed E-state index contributed by atoms with van der Waals surface area (Å²) in [6.07, 6.45) is 1.73. The van der Waals surface area contributed by atoms with E-state index in [1.165, 1.54) is 15.5 Å². The lowest BCUT2D eigenvalue weighted by Crippen LogP contribution is -2.17. The van der Waals surface area contributed by atoms with Crippen molar-refractivity contribution in [2.75, 3.05) is 19.0 Å². The van der Waals surface area contributed by atoms with E-state index in [2.05, 4.69) is 10.3 Å². The highest BCUT2D eigenvalue weighted by molar-refractivity contribution is 7.11. The minimum Gasteiger partial charge on any atom is -0.383 e. The van der Waals surface area contributed by atoms with Gasteiger partial charge in [0, 0.05) is 24.4 Å². The van der Waals surface area contributed by atoms with Gasteiger partial charge in [-0.2, -0.15) is 5.26 Å². The second kappa shape index (κ2) is 6.60. The van der Waals surface area contributed by atoms with Gasteiger partial charge in [0.25, 0.3) is 5.56 Å². The molecule has 3 rings (SSSR count). The van der Waals surface area contributed by atoms with Crippen LogP contribution in [0.2, 0.25) is 0 Å². The molecule has 116 valence electrons. The van der Waals surface area contributed by atoms with Gasteiger partial charge in [-0.05, 0) is 35.8 Å². The number of fused-ring (bicyclic) bond motifs is 1. The quantitative estimate of drug-likeness (QED) is 0.780. The lowest BCUT2D eigenvalue weighted by Gasteiger charge is -2.07. The molecule has 0 saturated heterocycles. The number of rotatable bonds is 5. The van der Waals surface area contributed by atoms with Crippen molar-refractivity contribution in [1.82, 2.24) is 8.94 Å². The van der Waals surface area contributed by atoms with Crippen LogP contribution in [0.1, 0.15) is 5.56 Å². The molecule has 23 heavy (non-hydrogen) atoms. The number of hydrogen-bond donors (Lipinski definition) is 1. The number of methoxy groups -OCH3 is 1. The minimum absolute atomic E-state index is 0.118. The van der Waals surface area contributed by atoms with Crippen LogP contribution in [-0.2, 0) is 11.3 Å². The van der Waals surface area contributed by atoms with Crippen molar-refractivity contribution in [2.24, 2.45) is 0 Å². The summed E-state index contributed by atoms with van der Waals surface area (Å²) in [6, 6.07) is 11.5. The molecule has 2 aromatic heterocycles. The number of nitrogens with zero attached hydrogens (tertiary/aromatic N) is 3. The first kappa shape index (κ1) is 15.2. The molecule has 0 atom stereocenters. The molecule has 1 aromatic carbocycles. The van der Waals surface area contributed by atoms with Crippen LogP contribution in [0.4, 0.5) is 10.7 Å². The smallest absolute Gasteiger partial charge is 0.280 e. The number of ether oxygens (including phenoxy) is 1. The van der Waals surface area contributed by atoms with Gasteiger partial charge in [-0.25, -0.2) is 0 Å². The van der Waals surface area contributed by atoms with Gasteiger partial charge in [-0.15, -0.1) is 0 Å². The number of anilines is 2. The predicted molar refractivity (Wildman–Crippen MR) is 90.2 cm³/mol. The van der Waals surface area contributed by atoms with Crippen molar-refractivity contribution < 1.29 is 4.74 Å². The number of nitrogens with one attached hydrogen (secondary N) is 1. The number of aromatic nitrogens is 2. The maximum absolute atomic E-state index is 12.2. The van der Waals surface area contributed by atoms with Crippen molar-refractivity contribution in [3.05, 3.63) is 52.4 Å². The summed E-state index contributed by atoms with van der Waals surface area (Å²) in [7, 11) is 1.58. The molecule has 0 unspecified atom stereocenters. The molecule has 0 aliphatic rings. The van der Waals surface area contributed by atoms with Crippen LogP contribution in [0, 0.1) is 11.3 Å². The van der Waals surface area contributed by atoms with Gasteiger partial charge in [-0.3, -0.25) is 13.7 Å². The van der Waals surface area contributed by atoms with Crippen LogP contribution < -0.4 is 10.9 Å². The minimum atomic E-state index is -0.296. The van der Waals surface area contributed by atoms with Crippen molar-refractivity contribution in [2.45, 2.75) is 6.54 Å². The molecule has 0 aliphatic heterocycles. The molecule has 0 aliphatic carbocycles. The Balaban J connectivity index is 2.02. The molecule has 3 aromatic rings. The second-order valence-corrected chi connectivity index (χ2v) is 5.84. The summed E-state index contributed by atoms with van der Waals surface area (Å²) in [5.41, 5.74) is 1.48. The maximum Gasteiger partial charge on any atom is 0.280 e. The first-order valence-corrected chi connectivity index (χ1v) is 7.76. The standard InChI is InChI=1S/C16H14N4O2S/c1-22-9-8-20-16(21)12(10-17)15(23-20)19-14-6-2-5-13-11(14)4-3-7-18-13/h2-7,19H,8-9H2,1H3. The average molecular weight is 326 g/mol.